The fourth-order valence-corrected chi connectivity index (χ4v) is 9.92. The van der Waals surface area contributed by atoms with E-state index < -0.39 is 0 Å². The van der Waals surface area contributed by atoms with Crippen molar-refractivity contribution in [1.29, 1.82) is 0 Å². The average Bonchev–Trinajstić information content (AvgIpc) is 2.83. The first-order chi connectivity index (χ1) is 17.1. The minimum atomic E-state index is -0.279. The maximum atomic E-state index is 6.52. The molecule has 0 heterocycles. The fourth-order valence-electron chi connectivity index (χ4n) is 4.00. The van der Waals surface area contributed by atoms with Gasteiger partial charge in [-0.05, 0) is 141 Å². The Kier molecular flexibility index (Phi) is 8.83. The minimum Gasteiger partial charge on any atom is -0.455 e. The minimum absolute atomic E-state index is 0.164. The first kappa shape index (κ1) is 25.7. The summed E-state index contributed by atoms with van der Waals surface area (Å²) in [5.74, 6) is 2.20. The standard InChI is InChI=1S/C29H24I3O2S/c30-21-18-26(31)28(27(32)19-21)34-29(20-8-7-9-20)33-22-14-16-25(17-15-22)35(23-10-3-1-4-11-23)24-12-5-2-6-13-24/h1-6,10-20,29H,7-9H2/q+1. The first-order valence-electron chi connectivity index (χ1n) is 11.5. The van der Waals surface area contributed by atoms with Crippen molar-refractivity contribution < 1.29 is 9.47 Å². The third-order valence-electron chi connectivity index (χ3n) is 6.00. The molecule has 178 valence electrons. The second-order valence-corrected chi connectivity index (χ2v) is 14.0. The Hall–Kier alpha value is -0.980. The van der Waals surface area contributed by atoms with E-state index in [4.69, 9.17) is 9.47 Å². The molecule has 0 amide bonds. The first-order valence-corrected chi connectivity index (χ1v) is 16.0. The zero-order valence-corrected chi connectivity index (χ0v) is 26.2. The molecule has 0 bridgehead atoms. The van der Waals surface area contributed by atoms with Gasteiger partial charge in [0.1, 0.15) is 5.75 Å². The molecule has 1 aliphatic rings. The molecular formula is C29H24I3O2S+. The van der Waals surface area contributed by atoms with E-state index in [0.29, 0.717) is 5.92 Å². The molecule has 2 nitrogen and oxygen atoms in total. The molecule has 5 rings (SSSR count). The molecule has 0 N–H and O–H groups in total. The molecule has 0 aromatic heterocycles. The van der Waals surface area contributed by atoms with Gasteiger partial charge in [-0.25, -0.2) is 0 Å². The largest absolute Gasteiger partial charge is 0.455 e. The van der Waals surface area contributed by atoms with Gasteiger partial charge in [0, 0.05) is 9.49 Å². The van der Waals surface area contributed by atoms with Crippen molar-refractivity contribution in [3.05, 3.63) is 108 Å². The number of benzene rings is 4. The van der Waals surface area contributed by atoms with Gasteiger partial charge in [-0.1, -0.05) is 42.8 Å². The lowest BCUT2D eigenvalue weighted by molar-refractivity contribution is -0.0668. The van der Waals surface area contributed by atoms with Crippen LogP contribution in [0.25, 0.3) is 0 Å². The summed E-state index contributed by atoms with van der Waals surface area (Å²) in [6.45, 7) is 0. The zero-order chi connectivity index (χ0) is 24.2. The van der Waals surface area contributed by atoms with Crippen LogP contribution in [0.2, 0.25) is 0 Å². The summed E-state index contributed by atoms with van der Waals surface area (Å²) in [6, 6.07) is 34.4. The van der Waals surface area contributed by atoms with E-state index in [2.05, 4.69) is 165 Å². The molecular weight excluding hydrogens is 793 g/mol. The SMILES string of the molecule is Ic1cc(I)c(OC(Oc2ccc([S+](c3ccccc3)c3ccccc3)cc2)C2CCC2)c(I)c1. The summed E-state index contributed by atoms with van der Waals surface area (Å²) in [6.07, 6.45) is 3.25. The van der Waals surface area contributed by atoms with Crippen molar-refractivity contribution in [1.82, 2.24) is 0 Å². The van der Waals surface area contributed by atoms with Crippen LogP contribution in [0.5, 0.6) is 11.5 Å². The van der Waals surface area contributed by atoms with E-state index in [1.54, 1.807) is 0 Å². The van der Waals surface area contributed by atoms with E-state index in [1.165, 1.54) is 24.7 Å². The van der Waals surface area contributed by atoms with Crippen LogP contribution in [0.1, 0.15) is 19.3 Å². The van der Waals surface area contributed by atoms with Crippen molar-refractivity contribution in [2.24, 2.45) is 5.92 Å². The summed E-state index contributed by atoms with van der Waals surface area (Å²) in [5, 5.41) is 0. The number of rotatable bonds is 8. The predicted molar refractivity (Wildman–Crippen MR) is 168 cm³/mol. The molecule has 6 heteroatoms. The monoisotopic (exact) mass is 817 g/mol. The van der Waals surface area contributed by atoms with Gasteiger partial charge in [-0.2, -0.15) is 0 Å². The zero-order valence-electron chi connectivity index (χ0n) is 18.9. The number of hydrogen-bond acceptors (Lipinski definition) is 2. The van der Waals surface area contributed by atoms with Crippen LogP contribution < -0.4 is 9.47 Å². The Labute approximate surface area is 251 Å². The van der Waals surface area contributed by atoms with Gasteiger partial charge in [-0.3, -0.25) is 0 Å². The molecule has 4 aromatic rings. The van der Waals surface area contributed by atoms with Crippen LogP contribution in [0.4, 0.5) is 0 Å². The third kappa shape index (κ3) is 6.30. The van der Waals surface area contributed by atoms with Crippen molar-refractivity contribution in [3.63, 3.8) is 0 Å². The highest BCUT2D eigenvalue weighted by Crippen LogP contribution is 2.38. The highest BCUT2D eigenvalue weighted by atomic mass is 127. The Morgan fingerprint density at radius 1 is 0.657 bits per heavy atom. The summed E-state index contributed by atoms with van der Waals surface area (Å²) >= 11 is 7.08. The third-order valence-corrected chi connectivity index (χ3v) is 10.5. The highest BCUT2D eigenvalue weighted by molar-refractivity contribution is 14.1. The van der Waals surface area contributed by atoms with E-state index in [0.717, 1.165) is 31.5 Å². The number of ether oxygens (including phenoxy) is 2. The molecule has 35 heavy (non-hydrogen) atoms. The molecule has 0 radical (unpaired) electrons. The van der Waals surface area contributed by atoms with Crippen molar-refractivity contribution in [2.75, 3.05) is 0 Å². The summed E-state index contributed by atoms with van der Waals surface area (Å²) < 4.78 is 16.5. The van der Waals surface area contributed by atoms with Gasteiger partial charge in [0.05, 0.1) is 18.0 Å². The summed E-state index contributed by atoms with van der Waals surface area (Å²) in [7, 11) is -0.164. The van der Waals surface area contributed by atoms with Gasteiger partial charge >= 0.3 is 0 Å². The molecule has 1 atom stereocenters. The van der Waals surface area contributed by atoms with Gasteiger partial charge in [-0.15, -0.1) is 0 Å². The lowest BCUT2D eigenvalue weighted by atomic mass is 9.85. The Morgan fingerprint density at radius 3 is 1.66 bits per heavy atom. The van der Waals surface area contributed by atoms with Crippen LogP contribution >= 0.6 is 67.8 Å². The lowest BCUT2D eigenvalue weighted by Gasteiger charge is -2.34. The van der Waals surface area contributed by atoms with Crippen LogP contribution in [0.15, 0.2) is 112 Å². The Bertz CT molecular complexity index is 1200. The normalized spacial score (nSPS) is 14.4. The Balaban J connectivity index is 1.40. The molecule has 1 saturated carbocycles. The van der Waals surface area contributed by atoms with E-state index >= 15 is 0 Å². The predicted octanol–water partition coefficient (Wildman–Crippen LogP) is 9.18. The van der Waals surface area contributed by atoms with Crippen molar-refractivity contribution in [2.45, 2.75) is 40.2 Å². The second-order valence-electron chi connectivity index (χ2n) is 8.40. The number of halogens is 3. The van der Waals surface area contributed by atoms with Gasteiger partial charge < -0.3 is 9.47 Å². The fraction of sp³-hybridized carbons (Fsp3) is 0.172. The van der Waals surface area contributed by atoms with Crippen molar-refractivity contribution >= 4 is 78.7 Å². The maximum absolute atomic E-state index is 6.52. The maximum Gasteiger partial charge on any atom is 0.244 e. The summed E-state index contributed by atoms with van der Waals surface area (Å²) in [4.78, 5) is 3.90. The molecule has 4 aromatic carbocycles. The van der Waals surface area contributed by atoms with Crippen molar-refractivity contribution in [3.8, 4) is 11.5 Å². The van der Waals surface area contributed by atoms with E-state index in [1.807, 2.05) is 0 Å². The number of hydrogen-bond donors (Lipinski definition) is 0. The smallest absolute Gasteiger partial charge is 0.244 e. The highest BCUT2D eigenvalue weighted by Gasteiger charge is 2.33. The van der Waals surface area contributed by atoms with Gasteiger partial charge in [0.2, 0.25) is 6.29 Å². The molecule has 1 aliphatic carbocycles. The van der Waals surface area contributed by atoms with Crippen LogP contribution in [0.3, 0.4) is 0 Å². The molecule has 1 unspecified atom stereocenters. The average molecular weight is 817 g/mol. The quantitative estimate of drug-likeness (QED) is 0.100. The lowest BCUT2D eigenvalue weighted by Crippen LogP contribution is -2.37. The Morgan fingerprint density at radius 2 is 1.17 bits per heavy atom. The van der Waals surface area contributed by atoms with Gasteiger partial charge in [0.15, 0.2) is 20.4 Å². The summed E-state index contributed by atoms with van der Waals surface area (Å²) in [5.41, 5.74) is 0. The van der Waals surface area contributed by atoms with Crippen LogP contribution in [-0.4, -0.2) is 6.29 Å². The molecule has 0 spiro atoms. The van der Waals surface area contributed by atoms with E-state index in [9.17, 15) is 0 Å². The molecule has 0 saturated heterocycles. The van der Waals surface area contributed by atoms with Gasteiger partial charge in [0.25, 0.3) is 0 Å². The molecule has 1 fully saturated rings. The molecule has 0 aliphatic heterocycles. The van der Waals surface area contributed by atoms with Crippen LogP contribution in [-0.2, 0) is 10.9 Å². The van der Waals surface area contributed by atoms with E-state index in [-0.39, 0.29) is 17.2 Å². The second kappa shape index (κ2) is 12.0. The topological polar surface area (TPSA) is 18.5 Å². The van der Waals surface area contributed by atoms with Crippen LogP contribution in [0, 0.1) is 16.6 Å².